The number of carbonyl (C=O) groups excluding carboxylic acids is 1. The van der Waals surface area contributed by atoms with Crippen molar-refractivity contribution < 1.29 is 4.79 Å². The number of carbonyl (C=O) groups is 1. The molecule has 2 rings (SSSR count). The smallest absolute Gasteiger partial charge is 0.242 e. The number of nitrogens with zero attached hydrogens (tertiary/aromatic N) is 2. The fraction of sp³-hybridized carbons (Fsp3) is 0.467. The Bertz CT molecular complexity index is 535. The van der Waals surface area contributed by atoms with Gasteiger partial charge in [-0.25, -0.2) is 0 Å². The summed E-state index contributed by atoms with van der Waals surface area (Å²) < 4.78 is 0. The van der Waals surface area contributed by atoms with Gasteiger partial charge >= 0.3 is 0 Å². The Morgan fingerprint density at radius 2 is 2.35 bits per heavy atom. The van der Waals surface area contributed by atoms with E-state index in [0.29, 0.717) is 5.69 Å². The lowest BCUT2D eigenvalue weighted by Crippen LogP contribution is -2.48. The van der Waals surface area contributed by atoms with Crippen LogP contribution in [0.15, 0.2) is 18.2 Å². The standard InChI is InChI=1S/C15H20N4O/c1-18-15(20)14-4-2-3-9-19(14)12-5-6-13(17)11(10-12)7-8-16/h5-6,10,14H,2-4,7,9,17H2,1H3,(H,18,20). The summed E-state index contributed by atoms with van der Waals surface area (Å²) in [4.78, 5) is 14.1. The van der Waals surface area contributed by atoms with Crippen LogP contribution in [0.3, 0.4) is 0 Å². The lowest BCUT2D eigenvalue weighted by molar-refractivity contribution is -0.122. The number of nitrogen functional groups attached to an aromatic ring is 1. The molecule has 5 heteroatoms. The van der Waals surface area contributed by atoms with E-state index in [0.717, 1.165) is 37.1 Å². The molecule has 1 fully saturated rings. The van der Waals surface area contributed by atoms with Crippen LogP contribution < -0.4 is 16.0 Å². The fourth-order valence-electron chi connectivity index (χ4n) is 2.69. The van der Waals surface area contributed by atoms with Gasteiger partial charge in [-0.3, -0.25) is 4.79 Å². The van der Waals surface area contributed by atoms with Crippen LogP contribution >= 0.6 is 0 Å². The van der Waals surface area contributed by atoms with E-state index < -0.39 is 0 Å². The second kappa shape index (κ2) is 6.29. The van der Waals surface area contributed by atoms with Crippen molar-refractivity contribution in [2.45, 2.75) is 31.7 Å². The Balaban J connectivity index is 2.30. The minimum Gasteiger partial charge on any atom is -0.398 e. The van der Waals surface area contributed by atoms with E-state index in [2.05, 4.69) is 16.3 Å². The van der Waals surface area contributed by atoms with Crippen molar-refractivity contribution in [3.8, 4) is 6.07 Å². The SMILES string of the molecule is CNC(=O)C1CCCCN1c1ccc(N)c(CC#N)c1. The predicted octanol–water partition coefficient (Wildman–Crippen LogP) is 1.44. The quantitative estimate of drug-likeness (QED) is 0.816. The molecular weight excluding hydrogens is 252 g/mol. The first-order valence-corrected chi connectivity index (χ1v) is 6.91. The summed E-state index contributed by atoms with van der Waals surface area (Å²) >= 11 is 0. The van der Waals surface area contributed by atoms with Gasteiger partial charge in [0.05, 0.1) is 12.5 Å². The Labute approximate surface area is 119 Å². The van der Waals surface area contributed by atoms with Crippen molar-refractivity contribution in [3.05, 3.63) is 23.8 Å². The van der Waals surface area contributed by atoms with E-state index >= 15 is 0 Å². The molecule has 1 unspecified atom stereocenters. The van der Waals surface area contributed by atoms with Gasteiger partial charge in [0.15, 0.2) is 0 Å². The number of rotatable bonds is 3. The van der Waals surface area contributed by atoms with Gasteiger partial charge in [0, 0.05) is 25.0 Å². The van der Waals surface area contributed by atoms with E-state index in [-0.39, 0.29) is 18.4 Å². The predicted molar refractivity (Wildman–Crippen MR) is 79.2 cm³/mol. The summed E-state index contributed by atoms with van der Waals surface area (Å²) in [5.74, 6) is 0.0448. The van der Waals surface area contributed by atoms with Crippen LogP contribution in [-0.2, 0) is 11.2 Å². The van der Waals surface area contributed by atoms with Gasteiger partial charge in [-0.1, -0.05) is 0 Å². The zero-order valence-electron chi connectivity index (χ0n) is 11.7. The molecule has 20 heavy (non-hydrogen) atoms. The number of benzene rings is 1. The largest absolute Gasteiger partial charge is 0.398 e. The van der Waals surface area contributed by atoms with Gasteiger partial charge in [-0.05, 0) is 43.0 Å². The van der Waals surface area contributed by atoms with E-state index in [4.69, 9.17) is 11.0 Å². The number of nitriles is 1. The second-order valence-corrected chi connectivity index (χ2v) is 5.04. The van der Waals surface area contributed by atoms with E-state index in [1.165, 1.54) is 0 Å². The minimum atomic E-state index is -0.132. The number of hydrogen-bond acceptors (Lipinski definition) is 4. The Kier molecular flexibility index (Phi) is 4.46. The Morgan fingerprint density at radius 1 is 1.55 bits per heavy atom. The average Bonchev–Trinajstić information content (AvgIpc) is 2.49. The third kappa shape index (κ3) is 2.85. The molecule has 3 N–H and O–H groups in total. The zero-order chi connectivity index (χ0) is 14.5. The number of amides is 1. The van der Waals surface area contributed by atoms with Crippen molar-refractivity contribution >= 4 is 17.3 Å². The maximum Gasteiger partial charge on any atom is 0.242 e. The molecule has 1 aliphatic heterocycles. The van der Waals surface area contributed by atoms with Crippen LogP contribution in [0, 0.1) is 11.3 Å². The van der Waals surface area contributed by atoms with E-state index in [9.17, 15) is 4.79 Å². The molecule has 1 heterocycles. The molecular formula is C15H20N4O. The van der Waals surface area contributed by atoms with Crippen molar-refractivity contribution in [1.82, 2.24) is 5.32 Å². The summed E-state index contributed by atoms with van der Waals surface area (Å²) in [7, 11) is 1.67. The number of hydrogen-bond donors (Lipinski definition) is 2. The number of nitrogens with two attached hydrogens (primary N) is 1. The first kappa shape index (κ1) is 14.2. The van der Waals surface area contributed by atoms with Crippen LogP contribution in [-0.4, -0.2) is 25.5 Å². The van der Waals surface area contributed by atoms with E-state index in [1.54, 1.807) is 7.05 Å². The van der Waals surface area contributed by atoms with Crippen LogP contribution in [0.1, 0.15) is 24.8 Å². The average molecular weight is 272 g/mol. The molecule has 0 saturated carbocycles. The highest BCUT2D eigenvalue weighted by molar-refractivity contribution is 5.85. The molecule has 1 aliphatic rings. The molecule has 0 spiro atoms. The summed E-state index contributed by atoms with van der Waals surface area (Å²) in [5.41, 5.74) is 8.30. The highest BCUT2D eigenvalue weighted by Gasteiger charge is 2.28. The zero-order valence-corrected chi connectivity index (χ0v) is 11.7. The molecule has 0 aliphatic carbocycles. The third-order valence-corrected chi connectivity index (χ3v) is 3.78. The Morgan fingerprint density at radius 3 is 3.05 bits per heavy atom. The highest BCUT2D eigenvalue weighted by Crippen LogP contribution is 2.28. The molecule has 0 radical (unpaired) electrons. The van der Waals surface area contributed by atoms with Crippen molar-refractivity contribution in [2.75, 3.05) is 24.2 Å². The molecule has 106 valence electrons. The van der Waals surface area contributed by atoms with E-state index in [1.807, 2.05) is 18.2 Å². The first-order valence-electron chi connectivity index (χ1n) is 6.91. The van der Waals surface area contributed by atoms with Crippen LogP contribution in [0.25, 0.3) is 0 Å². The number of nitrogens with one attached hydrogen (secondary N) is 1. The molecule has 1 atom stereocenters. The van der Waals surface area contributed by atoms with Crippen LogP contribution in [0.2, 0.25) is 0 Å². The molecule has 1 aromatic carbocycles. The van der Waals surface area contributed by atoms with Crippen LogP contribution in [0.5, 0.6) is 0 Å². The topological polar surface area (TPSA) is 82.2 Å². The van der Waals surface area contributed by atoms with Crippen molar-refractivity contribution in [3.63, 3.8) is 0 Å². The molecule has 1 amide bonds. The van der Waals surface area contributed by atoms with Gasteiger partial charge in [-0.15, -0.1) is 0 Å². The highest BCUT2D eigenvalue weighted by atomic mass is 16.2. The lowest BCUT2D eigenvalue weighted by Gasteiger charge is -2.36. The van der Waals surface area contributed by atoms with Gasteiger partial charge < -0.3 is 16.0 Å². The third-order valence-electron chi connectivity index (χ3n) is 3.78. The van der Waals surface area contributed by atoms with Gasteiger partial charge in [-0.2, -0.15) is 5.26 Å². The summed E-state index contributed by atoms with van der Waals surface area (Å²) in [6, 6.07) is 7.67. The monoisotopic (exact) mass is 272 g/mol. The fourth-order valence-corrected chi connectivity index (χ4v) is 2.69. The Hall–Kier alpha value is -2.22. The lowest BCUT2D eigenvalue weighted by atomic mass is 9.99. The number of likely N-dealkylation sites (N-methyl/N-ethyl adjacent to an activating group) is 1. The minimum absolute atomic E-state index is 0.0448. The van der Waals surface area contributed by atoms with Gasteiger partial charge in [0.2, 0.25) is 5.91 Å². The molecule has 0 bridgehead atoms. The molecule has 1 saturated heterocycles. The van der Waals surface area contributed by atoms with Crippen LogP contribution in [0.4, 0.5) is 11.4 Å². The summed E-state index contributed by atoms with van der Waals surface area (Å²) in [6.07, 6.45) is 3.29. The van der Waals surface area contributed by atoms with Crippen molar-refractivity contribution in [1.29, 1.82) is 5.26 Å². The number of piperidine rings is 1. The first-order chi connectivity index (χ1) is 9.67. The van der Waals surface area contributed by atoms with Crippen molar-refractivity contribution in [2.24, 2.45) is 0 Å². The normalized spacial score (nSPS) is 18.4. The maximum absolute atomic E-state index is 12.0. The maximum atomic E-state index is 12.0. The summed E-state index contributed by atoms with van der Waals surface area (Å²) in [6.45, 7) is 0.855. The molecule has 5 nitrogen and oxygen atoms in total. The van der Waals surface area contributed by atoms with Gasteiger partial charge in [0.25, 0.3) is 0 Å². The molecule has 1 aromatic rings. The molecule has 0 aromatic heterocycles. The van der Waals surface area contributed by atoms with Gasteiger partial charge in [0.1, 0.15) is 6.04 Å². The second-order valence-electron chi connectivity index (χ2n) is 5.04. The number of anilines is 2. The summed E-state index contributed by atoms with van der Waals surface area (Å²) in [5, 5.41) is 11.6.